The van der Waals surface area contributed by atoms with Crippen LogP contribution >= 0.6 is 0 Å². The minimum Gasteiger partial charge on any atom is -0.394 e. The highest BCUT2D eigenvalue weighted by molar-refractivity contribution is 5.56. The molecule has 90 valence electrons. The molecule has 0 bridgehead atoms. The summed E-state index contributed by atoms with van der Waals surface area (Å²) in [6.07, 6.45) is 2.08. The SMILES string of the molecule is CC(C)CC(CO)Nc1cn[nH]c1[N+](=O)[O-]. The lowest BCUT2D eigenvalue weighted by atomic mass is 10.0. The monoisotopic (exact) mass is 228 g/mol. The predicted molar refractivity (Wildman–Crippen MR) is 59.2 cm³/mol. The molecule has 7 nitrogen and oxygen atoms in total. The number of H-pyrrole nitrogens is 1. The molecule has 0 aliphatic rings. The molecule has 0 aliphatic carbocycles. The maximum Gasteiger partial charge on any atom is 0.366 e. The lowest BCUT2D eigenvalue weighted by molar-refractivity contribution is -0.388. The van der Waals surface area contributed by atoms with Crippen LogP contribution in [0.3, 0.4) is 0 Å². The van der Waals surface area contributed by atoms with Gasteiger partial charge in [0.05, 0.1) is 6.61 Å². The van der Waals surface area contributed by atoms with Crippen molar-refractivity contribution in [3.05, 3.63) is 16.3 Å². The van der Waals surface area contributed by atoms with Crippen molar-refractivity contribution in [2.24, 2.45) is 5.92 Å². The van der Waals surface area contributed by atoms with E-state index in [-0.39, 0.29) is 18.5 Å². The van der Waals surface area contributed by atoms with E-state index in [0.29, 0.717) is 11.6 Å². The van der Waals surface area contributed by atoms with Gasteiger partial charge in [-0.25, -0.2) is 0 Å². The fraction of sp³-hybridized carbons (Fsp3) is 0.667. The average molecular weight is 228 g/mol. The first-order valence-electron chi connectivity index (χ1n) is 5.09. The van der Waals surface area contributed by atoms with E-state index in [1.54, 1.807) is 0 Å². The number of hydrogen-bond donors (Lipinski definition) is 3. The van der Waals surface area contributed by atoms with E-state index in [4.69, 9.17) is 5.11 Å². The smallest absolute Gasteiger partial charge is 0.366 e. The van der Waals surface area contributed by atoms with Crippen LogP contribution in [0, 0.1) is 16.0 Å². The van der Waals surface area contributed by atoms with Gasteiger partial charge in [0.25, 0.3) is 0 Å². The van der Waals surface area contributed by atoms with E-state index in [0.717, 1.165) is 6.42 Å². The molecule has 0 saturated carbocycles. The standard InChI is InChI=1S/C9H16N4O3/c1-6(2)3-7(5-14)11-8-4-10-12-9(8)13(15)16/h4,6-7,11,14H,3,5H2,1-2H3,(H,10,12). The highest BCUT2D eigenvalue weighted by Gasteiger charge is 2.18. The van der Waals surface area contributed by atoms with Gasteiger partial charge in [-0.1, -0.05) is 18.9 Å². The summed E-state index contributed by atoms with van der Waals surface area (Å²) in [6, 6.07) is -0.198. The molecule has 0 aromatic carbocycles. The first-order chi connectivity index (χ1) is 7.54. The molecular weight excluding hydrogens is 212 g/mol. The number of nitrogens with one attached hydrogen (secondary N) is 2. The largest absolute Gasteiger partial charge is 0.394 e. The molecule has 1 rings (SSSR count). The van der Waals surface area contributed by atoms with Gasteiger partial charge >= 0.3 is 5.82 Å². The number of aromatic nitrogens is 2. The van der Waals surface area contributed by atoms with Crippen LogP contribution in [0.15, 0.2) is 6.20 Å². The third kappa shape index (κ3) is 3.20. The maximum atomic E-state index is 10.6. The first kappa shape index (κ1) is 12.4. The van der Waals surface area contributed by atoms with Gasteiger partial charge in [-0.2, -0.15) is 0 Å². The second-order valence-corrected chi connectivity index (χ2v) is 4.04. The summed E-state index contributed by atoms with van der Waals surface area (Å²) in [4.78, 5) is 10.1. The number of anilines is 1. The molecule has 0 radical (unpaired) electrons. The lowest BCUT2D eigenvalue weighted by Crippen LogP contribution is -2.25. The Bertz CT molecular complexity index is 350. The molecule has 1 heterocycles. The Balaban J connectivity index is 2.70. The Morgan fingerprint density at radius 2 is 2.38 bits per heavy atom. The minimum absolute atomic E-state index is 0.0689. The molecular formula is C9H16N4O3. The summed E-state index contributed by atoms with van der Waals surface area (Å²) in [5.41, 5.74) is 0.310. The average Bonchev–Trinajstić information content (AvgIpc) is 2.64. The summed E-state index contributed by atoms with van der Waals surface area (Å²) < 4.78 is 0. The van der Waals surface area contributed by atoms with E-state index < -0.39 is 4.92 Å². The minimum atomic E-state index is -0.543. The van der Waals surface area contributed by atoms with Crippen molar-refractivity contribution < 1.29 is 10.0 Å². The summed E-state index contributed by atoms with van der Waals surface area (Å²) in [5.74, 6) is 0.220. The zero-order valence-electron chi connectivity index (χ0n) is 9.30. The van der Waals surface area contributed by atoms with E-state index in [2.05, 4.69) is 15.5 Å². The van der Waals surface area contributed by atoms with E-state index in [1.165, 1.54) is 6.20 Å². The van der Waals surface area contributed by atoms with Crippen LogP contribution in [0.5, 0.6) is 0 Å². The maximum absolute atomic E-state index is 10.6. The predicted octanol–water partition coefficient (Wildman–Crippen LogP) is 1.14. The molecule has 0 aliphatic heterocycles. The Morgan fingerprint density at radius 3 is 2.88 bits per heavy atom. The number of aliphatic hydroxyl groups excluding tert-OH is 1. The van der Waals surface area contributed by atoms with Crippen molar-refractivity contribution in [3.63, 3.8) is 0 Å². The van der Waals surface area contributed by atoms with Crippen LogP contribution in [-0.4, -0.2) is 32.9 Å². The topological polar surface area (TPSA) is 104 Å². The fourth-order valence-electron chi connectivity index (χ4n) is 1.49. The van der Waals surface area contributed by atoms with Crippen molar-refractivity contribution in [3.8, 4) is 0 Å². The summed E-state index contributed by atoms with van der Waals surface area (Å²) in [7, 11) is 0. The van der Waals surface area contributed by atoms with Crippen LogP contribution < -0.4 is 5.32 Å². The number of nitrogens with zero attached hydrogens (tertiary/aromatic N) is 2. The zero-order valence-corrected chi connectivity index (χ0v) is 9.30. The molecule has 0 saturated heterocycles. The number of aliphatic hydroxyl groups is 1. The van der Waals surface area contributed by atoms with Crippen LogP contribution in [0.2, 0.25) is 0 Å². The summed E-state index contributed by atoms with van der Waals surface area (Å²) in [6.45, 7) is 3.97. The van der Waals surface area contributed by atoms with Crippen molar-refractivity contribution in [2.45, 2.75) is 26.3 Å². The van der Waals surface area contributed by atoms with Crippen LogP contribution in [-0.2, 0) is 0 Å². The number of hydrogen-bond acceptors (Lipinski definition) is 5. The number of rotatable bonds is 6. The van der Waals surface area contributed by atoms with Crippen LogP contribution in [0.4, 0.5) is 11.5 Å². The Labute approximate surface area is 93.0 Å². The van der Waals surface area contributed by atoms with E-state index in [9.17, 15) is 10.1 Å². The van der Waals surface area contributed by atoms with Gasteiger partial charge < -0.3 is 20.5 Å². The Hall–Kier alpha value is -1.63. The van der Waals surface area contributed by atoms with E-state index in [1.807, 2.05) is 13.8 Å². The summed E-state index contributed by atoms with van der Waals surface area (Å²) >= 11 is 0. The Morgan fingerprint density at radius 1 is 1.69 bits per heavy atom. The van der Waals surface area contributed by atoms with Crippen molar-refractivity contribution in [2.75, 3.05) is 11.9 Å². The molecule has 0 amide bonds. The van der Waals surface area contributed by atoms with Gasteiger partial charge in [0.15, 0.2) is 5.69 Å². The van der Waals surface area contributed by atoms with Crippen molar-refractivity contribution >= 4 is 11.5 Å². The molecule has 7 heteroatoms. The molecule has 1 aromatic rings. The second-order valence-electron chi connectivity index (χ2n) is 4.04. The van der Waals surface area contributed by atoms with Gasteiger partial charge in [0, 0.05) is 6.04 Å². The molecule has 3 N–H and O–H groups in total. The quantitative estimate of drug-likeness (QED) is 0.500. The van der Waals surface area contributed by atoms with Gasteiger partial charge in [0.1, 0.15) is 6.20 Å². The second kappa shape index (κ2) is 5.45. The number of nitro groups is 1. The molecule has 1 aromatic heterocycles. The van der Waals surface area contributed by atoms with Crippen LogP contribution in [0.1, 0.15) is 20.3 Å². The molecule has 1 unspecified atom stereocenters. The first-order valence-corrected chi connectivity index (χ1v) is 5.09. The highest BCUT2D eigenvalue weighted by Crippen LogP contribution is 2.21. The number of aromatic amines is 1. The van der Waals surface area contributed by atoms with E-state index >= 15 is 0 Å². The normalized spacial score (nSPS) is 12.8. The third-order valence-electron chi connectivity index (χ3n) is 2.14. The van der Waals surface area contributed by atoms with Gasteiger partial charge in [-0.3, -0.25) is 0 Å². The van der Waals surface area contributed by atoms with Crippen molar-refractivity contribution in [1.82, 2.24) is 10.2 Å². The van der Waals surface area contributed by atoms with Gasteiger partial charge in [-0.05, 0) is 17.3 Å². The highest BCUT2D eigenvalue weighted by atomic mass is 16.6. The molecule has 0 fully saturated rings. The Kier molecular flexibility index (Phi) is 4.24. The lowest BCUT2D eigenvalue weighted by Gasteiger charge is -2.17. The molecule has 1 atom stereocenters. The van der Waals surface area contributed by atoms with Crippen LogP contribution in [0.25, 0.3) is 0 Å². The fourth-order valence-corrected chi connectivity index (χ4v) is 1.49. The third-order valence-corrected chi connectivity index (χ3v) is 2.14. The molecule has 0 spiro atoms. The molecule has 16 heavy (non-hydrogen) atoms. The summed E-state index contributed by atoms with van der Waals surface area (Å²) in [5, 5.41) is 28.5. The van der Waals surface area contributed by atoms with Crippen molar-refractivity contribution in [1.29, 1.82) is 0 Å². The van der Waals surface area contributed by atoms with Gasteiger partial charge in [-0.15, -0.1) is 5.10 Å². The zero-order chi connectivity index (χ0) is 12.1. The van der Waals surface area contributed by atoms with Gasteiger partial charge in [0.2, 0.25) is 0 Å².